The van der Waals surface area contributed by atoms with Crippen molar-refractivity contribution in [3.63, 3.8) is 0 Å². The van der Waals surface area contributed by atoms with Crippen molar-refractivity contribution in [2.24, 2.45) is 0 Å². The van der Waals surface area contributed by atoms with Crippen LogP contribution in [0.3, 0.4) is 0 Å². The predicted octanol–water partition coefficient (Wildman–Crippen LogP) is 5.24. The lowest BCUT2D eigenvalue weighted by Crippen LogP contribution is -2.47. The zero-order valence-electron chi connectivity index (χ0n) is 24.7. The molecule has 1 fully saturated rings. The first kappa shape index (κ1) is 28.6. The van der Waals surface area contributed by atoms with E-state index in [0.29, 0.717) is 59.8 Å². The highest BCUT2D eigenvalue weighted by Gasteiger charge is 2.25. The van der Waals surface area contributed by atoms with Crippen LogP contribution in [0.25, 0.3) is 16.4 Å². The number of nitrogens with zero attached hydrogens (tertiary/aromatic N) is 5. The van der Waals surface area contributed by atoms with Gasteiger partial charge in [0.15, 0.2) is 0 Å². The maximum atomic E-state index is 13.7. The van der Waals surface area contributed by atoms with Crippen LogP contribution in [0.5, 0.6) is 5.75 Å². The molecule has 2 aromatic heterocycles. The highest BCUT2D eigenvalue weighted by molar-refractivity contribution is 5.98. The van der Waals surface area contributed by atoms with Gasteiger partial charge in [-0.25, -0.2) is 9.78 Å². The Morgan fingerprint density at radius 1 is 1.00 bits per heavy atom. The maximum absolute atomic E-state index is 13.7. The van der Waals surface area contributed by atoms with Crippen LogP contribution in [-0.4, -0.2) is 51.7 Å². The van der Waals surface area contributed by atoms with Gasteiger partial charge in [0.05, 0.1) is 28.8 Å². The number of aryl methyl sites for hydroxylation is 1. The first-order valence-electron chi connectivity index (χ1n) is 14.4. The summed E-state index contributed by atoms with van der Waals surface area (Å²) in [6.07, 6.45) is 1.79. The van der Waals surface area contributed by atoms with Crippen LogP contribution in [0.4, 0.5) is 17.2 Å². The quantitative estimate of drug-likeness (QED) is 0.243. The fraction of sp³-hybridized carbons (Fsp3) is 0.235. The SMILES string of the molecule is Cc1cc([C@@H](C)Nc2ccccc2C(=O)O)c2nc(N3CCN(c4ccc(C#N)c5cc(O)ccc45)CC3)c(C)c(=O)n2c1. The molecule has 0 saturated carbocycles. The molecule has 10 heteroatoms. The Bertz CT molecular complexity index is 2040. The summed E-state index contributed by atoms with van der Waals surface area (Å²) in [5.74, 6) is -0.272. The molecule has 5 aromatic rings. The number of fused-ring (bicyclic) bond motifs is 2. The van der Waals surface area contributed by atoms with E-state index in [1.54, 1.807) is 60.0 Å². The number of aromatic nitrogens is 2. The minimum atomic E-state index is -1.02. The van der Waals surface area contributed by atoms with Gasteiger partial charge >= 0.3 is 5.97 Å². The number of pyridine rings is 1. The van der Waals surface area contributed by atoms with Gasteiger partial charge in [0, 0.05) is 60.1 Å². The number of carboxylic acids is 1. The van der Waals surface area contributed by atoms with E-state index in [0.717, 1.165) is 22.2 Å². The van der Waals surface area contributed by atoms with Crippen molar-refractivity contribution < 1.29 is 15.0 Å². The summed E-state index contributed by atoms with van der Waals surface area (Å²) in [5.41, 5.74) is 4.77. The fourth-order valence-corrected chi connectivity index (χ4v) is 6.07. The van der Waals surface area contributed by atoms with E-state index >= 15 is 0 Å². The highest BCUT2D eigenvalue weighted by atomic mass is 16.4. The third-order valence-electron chi connectivity index (χ3n) is 8.30. The van der Waals surface area contributed by atoms with Crippen molar-refractivity contribution in [2.45, 2.75) is 26.8 Å². The van der Waals surface area contributed by atoms with Gasteiger partial charge in [-0.3, -0.25) is 9.20 Å². The second-order valence-corrected chi connectivity index (χ2v) is 11.2. The van der Waals surface area contributed by atoms with Gasteiger partial charge < -0.3 is 25.3 Å². The molecular weight excluding hydrogens is 556 g/mol. The summed E-state index contributed by atoms with van der Waals surface area (Å²) >= 11 is 0. The summed E-state index contributed by atoms with van der Waals surface area (Å²) in [6, 6.07) is 19.4. The lowest BCUT2D eigenvalue weighted by atomic mass is 10.0. The third-order valence-corrected chi connectivity index (χ3v) is 8.30. The van der Waals surface area contributed by atoms with Gasteiger partial charge in [-0.1, -0.05) is 12.1 Å². The van der Waals surface area contributed by atoms with E-state index in [1.807, 2.05) is 32.0 Å². The first-order chi connectivity index (χ1) is 21.2. The van der Waals surface area contributed by atoms with Crippen LogP contribution in [0.2, 0.25) is 0 Å². The van der Waals surface area contributed by atoms with Gasteiger partial charge in [-0.05, 0) is 74.9 Å². The van der Waals surface area contributed by atoms with E-state index in [1.165, 1.54) is 0 Å². The first-order valence-corrected chi connectivity index (χ1v) is 14.4. The molecule has 222 valence electrons. The van der Waals surface area contributed by atoms with Crippen molar-refractivity contribution in [3.05, 3.63) is 105 Å². The van der Waals surface area contributed by atoms with E-state index < -0.39 is 5.97 Å². The van der Waals surface area contributed by atoms with Crippen LogP contribution in [0.1, 0.15) is 45.6 Å². The molecule has 0 radical (unpaired) electrons. The van der Waals surface area contributed by atoms with Crippen LogP contribution in [0.15, 0.2) is 71.7 Å². The average Bonchev–Trinajstić information content (AvgIpc) is 3.02. The van der Waals surface area contributed by atoms with E-state index in [9.17, 15) is 25.1 Å². The molecule has 0 amide bonds. The molecule has 1 aliphatic heterocycles. The number of anilines is 3. The molecule has 1 aliphatic rings. The number of benzene rings is 3. The van der Waals surface area contributed by atoms with Crippen LogP contribution in [0, 0.1) is 25.2 Å². The Kier molecular flexibility index (Phi) is 7.31. The number of para-hydroxylation sites is 1. The normalized spacial score (nSPS) is 14.0. The summed E-state index contributed by atoms with van der Waals surface area (Å²) in [6.45, 7) is 8.26. The van der Waals surface area contributed by atoms with E-state index in [2.05, 4.69) is 21.2 Å². The molecule has 1 saturated heterocycles. The predicted molar refractivity (Wildman–Crippen MR) is 171 cm³/mol. The zero-order valence-corrected chi connectivity index (χ0v) is 24.7. The Labute approximate surface area is 254 Å². The maximum Gasteiger partial charge on any atom is 0.337 e. The van der Waals surface area contributed by atoms with Crippen molar-refractivity contribution in [3.8, 4) is 11.8 Å². The van der Waals surface area contributed by atoms with Gasteiger partial charge in [-0.15, -0.1) is 0 Å². The number of phenols is 1. The van der Waals surface area contributed by atoms with Crippen LogP contribution < -0.4 is 20.7 Å². The molecule has 6 rings (SSSR count). The van der Waals surface area contributed by atoms with Crippen molar-refractivity contribution in [1.29, 1.82) is 5.26 Å². The van der Waals surface area contributed by atoms with Gasteiger partial charge in [0.1, 0.15) is 17.2 Å². The van der Waals surface area contributed by atoms with Crippen LogP contribution in [-0.2, 0) is 0 Å². The topological polar surface area (TPSA) is 134 Å². The Morgan fingerprint density at radius 3 is 2.45 bits per heavy atom. The number of aromatic hydroxyl groups is 1. The molecule has 0 aliphatic carbocycles. The number of nitriles is 1. The number of hydrogen-bond acceptors (Lipinski definition) is 8. The lowest BCUT2D eigenvalue weighted by molar-refractivity contribution is 0.0698. The largest absolute Gasteiger partial charge is 0.508 e. The van der Waals surface area contributed by atoms with E-state index in [4.69, 9.17) is 4.98 Å². The number of aromatic carboxylic acids is 1. The molecule has 3 aromatic carbocycles. The van der Waals surface area contributed by atoms with Crippen LogP contribution >= 0.6 is 0 Å². The van der Waals surface area contributed by atoms with Gasteiger partial charge in [-0.2, -0.15) is 5.26 Å². The number of carboxylic acid groups (broad SMARTS) is 1. The second-order valence-electron chi connectivity index (χ2n) is 11.2. The number of phenolic OH excluding ortho intramolecular Hbond substituents is 1. The molecule has 0 spiro atoms. The molecular formula is C34H32N6O4. The Hall–Kier alpha value is -5.56. The molecule has 1 atom stereocenters. The Morgan fingerprint density at radius 2 is 1.73 bits per heavy atom. The third kappa shape index (κ3) is 5.02. The molecule has 44 heavy (non-hydrogen) atoms. The van der Waals surface area contributed by atoms with Crippen molar-refractivity contribution >= 4 is 39.6 Å². The number of piperazine rings is 1. The molecule has 0 unspecified atom stereocenters. The zero-order chi connectivity index (χ0) is 31.1. The molecule has 3 N–H and O–H groups in total. The average molecular weight is 589 g/mol. The van der Waals surface area contributed by atoms with Gasteiger partial charge in [0.2, 0.25) is 0 Å². The lowest BCUT2D eigenvalue weighted by Gasteiger charge is -2.38. The Balaban J connectivity index is 1.33. The number of carbonyl (C=O) groups is 1. The highest BCUT2D eigenvalue weighted by Crippen LogP contribution is 2.33. The number of rotatable bonds is 6. The summed E-state index contributed by atoms with van der Waals surface area (Å²) in [7, 11) is 0. The summed E-state index contributed by atoms with van der Waals surface area (Å²) in [4.78, 5) is 34.9. The number of hydrogen-bond donors (Lipinski definition) is 3. The minimum Gasteiger partial charge on any atom is -0.508 e. The van der Waals surface area contributed by atoms with E-state index in [-0.39, 0.29) is 22.9 Å². The van der Waals surface area contributed by atoms with Crippen molar-refractivity contribution in [1.82, 2.24) is 9.38 Å². The standard InChI is InChI=1S/C34H32N6O4/c1-20-16-27(22(3)36-29-7-5-4-6-26(29)34(43)44)32-37-31(21(2)33(42)40(32)19-20)39-14-12-38(13-15-39)30-11-8-23(18-35)28-17-24(41)9-10-25(28)30/h4-11,16-17,19,22,36,41H,12-15H2,1-3H3,(H,43,44)/t22-/m1/s1. The second kappa shape index (κ2) is 11.3. The molecule has 10 nitrogen and oxygen atoms in total. The van der Waals surface area contributed by atoms with Crippen molar-refractivity contribution in [2.75, 3.05) is 41.3 Å². The minimum absolute atomic E-state index is 0.116. The smallest absolute Gasteiger partial charge is 0.337 e. The molecule has 0 bridgehead atoms. The monoisotopic (exact) mass is 588 g/mol. The summed E-state index contributed by atoms with van der Waals surface area (Å²) < 4.78 is 1.58. The molecule has 3 heterocycles. The number of nitrogens with one attached hydrogen (secondary N) is 1. The fourth-order valence-electron chi connectivity index (χ4n) is 6.07. The summed E-state index contributed by atoms with van der Waals surface area (Å²) in [5, 5.41) is 34.2. The van der Waals surface area contributed by atoms with Gasteiger partial charge in [0.25, 0.3) is 5.56 Å².